The maximum Gasteiger partial charge on any atom is 0.242 e. The van der Waals surface area contributed by atoms with E-state index in [4.69, 9.17) is 0 Å². The summed E-state index contributed by atoms with van der Waals surface area (Å²) in [5, 5.41) is 8.25. The van der Waals surface area contributed by atoms with Crippen LogP contribution in [0.1, 0.15) is 11.8 Å². The van der Waals surface area contributed by atoms with Crippen molar-refractivity contribution >= 4 is 27.3 Å². The second-order valence-corrected chi connectivity index (χ2v) is 7.59. The SMILES string of the molecule is CCNC(=NCc1cccs1)NCCNS(=O)(=O)c1cccnc1. The molecule has 2 aromatic rings. The maximum atomic E-state index is 12.1. The number of nitrogens with one attached hydrogen (secondary N) is 3. The molecule has 0 aliphatic rings. The number of aliphatic imine (C=N–C) groups is 1. The fourth-order valence-corrected chi connectivity index (χ4v) is 3.48. The van der Waals surface area contributed by atoms with Crippen LogP contribution in [0.15, 0.2) is 51.9 Å². The van der Waals surface area contributed by atoms with Crippen LogP contribution in [0.2, 0.25) is 0 Å². The van der Waals surface area contributed by atoms with Gasteiger partial charge in [-0.25, -0.2) is 18.1 Å². The molecule has 2 heterocycles. The predicted octanol–water partition coefficient (Wildman–Crippen LogP) is 1.18. The van der Waals surface area contributed by atoms with Crippen molar-refractivity contribution in [3.05, 3.63) is 46.9 Å². The molecule has 2 rings (SSSR count). The summed E-state index contributed by atoms with van der Waals surface area (Å²) in [6.07, 6.45) is 2.86. The summed E-state index contributed by atoms with van der Waals surface area (Å²) >= 11 is 1.65. The third kappa shape index (κ3) is 5.91. The van der Waals surface area contributed by atoms with Gasteiger partial charge in [0.05, 0.1) is 6.54 Å². The number of guanidine groups is 1. The quantitative estimate of drug-likeness (QED) is 0.370. The Labute approximate surface area is 146 Å². The molecular formula is C15H21N5O2S2. The van der Waals surface area contributed by atoms with Gasteiger partial charge in [-0.3, -0.25) is 4.98 Å². The van der Waals surface area contributed by atoms with Crippen LogP contribution in [-0.4, -0.2) is 39.0 Å². The lowest BCUT2D eigenvalue weighted by Crippen LogP contribution is -2.41. The van der Waals surface area contributed by atoms with Crippen LogP contribution in [0.25, 0.3) is 0 Å². The number of sulfonamides is 1. The molecule has 0 saturated heterocycles. The molecule has 9 heteroatoms. The zero-order valence-corrected chi connectivity index (χ0v) is 15.0. The Bertz CT molecular complexity index is 730. The van der Waals surface area contributed by atoms with E-state index in [1.165, 1.54) is 23.3 Å². The van der Waals surface area contributed by atoms with Gasteiger partial charge in [-0.15, -0.1) is 11.3 Å². The normalized spacial score (nSPS) is 12.1. The van der Waals surface area contributed by atoms with Crippen LogP contribution in [0.3, 0.4) is 0 Å². The lowest BCUT2D eigenvalue weighted by Gasteiger charge is -2.11. The van der Waals surface area contributed by atoms with Gasteiger partial charge < -0.3 is 10.6 Å². The highest BCUT2D eigenvalue weighted by molar-refractivity contribution is 7.89. The molecule has 0 spiro atoms. The van der Waals surface area contributed by atoms with E-state index in [1.807, 2.05) is 24.4 Å². The van der Waals surface area contributed by atoms with Crippen molar-refractivity contribution in [3.8, 4) is 0 Å². The van der Waals surface area contributed by atoms with Crippen LogP contribution in [0.4, 0.5) is 0 Å². The van der Waals surface area contributed by atoms with Crippen molar-refractivity contribution in [2.45, 2.75) is 18.4 Å². The van der Waals surface area contributed by atoms with Gasteiger partial charge >= 0.3 is 0 Å². The molecule has 24 heavy (non-hydrogen) atoms. The average molecular weight is 368 g/mol. The maximum absolute atomic E-state index is 12.1. The topological polar surface area (TPSA) is 95.5 Å². The monoisotopic (exact) mass is 367 g/mol. The number of rotatable bonds is 8. The van der Waals surface area contributed by atoms with Crippen LogP contribution < -0.4 is 15.4 Å². The van der Waals surface area contributed by atoms with E-state index in [0.717, 1.165) is 6.54 Å². The van der Waals surface area contributed by atoms with Crippen LogP contribution >= 0.6 is 11.3 Å². The molecule has 130 valence electrons. The van der Waals surface area contributed by atoms with Crippen LogP contribution in [0, 0.1) is 0 Å². The van der Waals surface area contributed by atoms with Gasteiger partial charge in [0.2, 0.25) is 10.0 Å². The van der Waals surface area contributed by atoms with Gasteiger partial charge in [-0.2, -0.15) is 0 Å². The molecular weight excluding hydrogens is 346 g/mol. The summed E-state index contributed by atoms with van der Waals surface area (Å²) in [4.78, 5) is 9.61. The van der Waals surface area contributed by atoms with E-state index >= 15 is 0 Å². The molecule has 3 N–H and O–H groups in total. The third-order valence-electron chi connectivity index (χ3n) is 2.97. The van der Waals surface area contributed by atoms with Crippen LogP contribution in [-0.2, 0) is 16.6 Å². The van der Waals surface area contributed by atoms with Crippen molar-refractivity contribution in [2.75, 3.05) is 19.6 Å². The Morgan fingerprint density at radius 3 is 2.79 bits per heavy atom. The van der Waals surface area contributed by atoms with Crippen molar-refractivity contribution in [1.82, 2.24) is 20.3 Å². The predicted molar refractivity (Wildman–Crippen MR) is 96.6 cm³/mol. The van der Waals surface area contributed by atoms with Gasteiger partial charge in [0, 0.05) is 36.9 Å². The first-order valence-corrected chi connectivity index (χ1v) is 9.92. The number of pyridine rings is 1. The lowest BCUT2D eigenvalue weighted by atomic mass is 10.5. The summed E-state index contributed by atoms with van der Waals surface area (Å²) in [7, 11) is -3.53. The van der Waals surface area contributed by atoms with Crippen molar-refractivity contribution in [1.29, 1.82) is 0 Å². The van der Waals surface area contributed by atoms with E-state index in [2.05, 4.69) is 25.3 Å². The second-order valence-electron chi connectivity index (χ2n) is 4.79. The van der Waals surface area contributed by atoms with Crippen molar-refractivity contribution in [2.24, 2.45) is 4.99 Å². The molecule has 2 aromatic heterocycles. The fraction of sp³-hybridized carbons (Fsp3) is 0.333. The lowest BCUT2D eigenvalue weighted by molar-refractivity contribution is 0.580. The largest absolute Gasteiger partial charge is 0.357 e. The molecule has 0 amide bonds. The number of hydrogen-bond donors (Lipinski definition) is 3. The van der Waals surface area contributed by atoms with Gasteiger partial charge in [-0.05, 0) is 30.5 Å². The fourth-order valence-electron chi connectivity index (χ4n) is 1.86. The van der Waals surface area contributed by atoms with Crippen molar-refractivity contribution < 1.29 is 8.42 Å². The summed E-state index contributed by atoms with van der Waals surface area (Å²) in [5.41, 5.74) is 0. The number of thiophene rings is 1. The molecule has 0 atom stereocenters. The first-order valence-electron chi connectivity index (χ1n) is 7.56. The molecule has 0 fully saturated rings. The highest BCUT2D eigenvalue weighted by Crippen LogP contribution is 2.09. The zero-order chi connectivity index (χ0) is 17.3. The Morgan fingerprint density at radius 1 is 1.25 bits per heavy atom. The third-order valence-corrected chi connectivity index (χ3v) is 5.28. The summed E-state index contributed by atoms with van der Waals surface area (Å²) in [6.45, 7) is 3.98. The minimum Gasteiger partial charge on any atom is -0.357 e. The Kier molecular flexibility index (Phi) is 7.16. The first kappa shape index (κ1) is 18.4. The highest BCUT2D eigenvalue weighted by Gasteiger charge is 2.12. The summed E-state index contributed by atoms with van der Waals surface area (Å²) < 4.78 is 26.7. The molecule has 0 radical (unpaired) electrons. The molecule has 0 aliphatic heterocycles. The number of nitrogens with zero attached hydrogens (tertiary/aromatic N) is 2. The second kappa shape index (κ2) is 9.36. The minimum atomic E-state index is -3.53. The van der Waals surface area contributed by atoms with E-state index in [9.17, 15) is 8.42 Å². The molecule has 0 bridgehead atoms. The summed E-state index contributed by atoms with van der Waals surface area (Å²) in [5.74, 6) is 0.659. The van der Waals surface area contributed by atoms with Crippen LogP contribution in [0.5, 0.6) is 0 Å². The number of aromatic nitrogens is 1. The molecule has 7 nitrogen and oxygen atoms in total. The van der Waals surface area contributed by atoms with E-state index in [-0.39, 0.29) is 11.4 Å². The molecule has 0 aromatic carbocycles. The van der Waals surface area contributed by atoms with Crippen molar-refractivity contribution in [3.63, 3.8) is 0 Å². The number of hydrogen-bond acceptors (Lipinski definition) is 5. The van der Waals surface area contributed by atoms with Gasteiger partial charge in [0.25, 0.3) is 0 Å². The zero-order valence-electron chi connectivity index (χ0n) is 13.4. The molecule has 0 saturated carbocycles. The summed E-state index contributed by atoms with van der Waals surface area (Å²) in [6, 6.07) is 7.12. The smallest absolute Gasteiger partial charge is 0.242 e. The Morgan fingerprint density at radius 2 is 2.12 bits per heavy atom. The van der Waals surface area contributed by atoms with Gasteiger partial charge in [0.1, 0.15) is 4.90 Å². The van der Waals surface area contributed by atoms with E-state index < -0.39 is 10.0 Å². The Hall–Kier alpha value is -1.97. The highest BCUT2D eigenvalue weighted by atomic mass is 32.2. The first-order chi connectivity index (χ1) is 11.6. The standard InChI is InChI=1S/C15H21N5O2S2/c1-2-17-15(19-11-13-5-4-10-23-13)18-8-9-20-24(21,22)14-6-3-7-16-12-14/h3-7,10,12,20H,2,8-9,11H2,1H3,(H2,17,18,19). The van der Waals surface area contributed by atoms with E-state index in [0.29, 0.717) is 19.0 Å². The molecule has 0 aliphatic carbocycles. The average Bonchev–Trinajstić information content (AvgIpc) is 3.11. The van der Waals surface area contributed by atoms with Gasteiger partial charge in [0.15, 0.2) is 5.96 Å². The molecule has 0 unspecified atom stereocenters. The minimum absolute atomic E-state index is 0.156. The van der Waals surface area contributed by atoms with E-state index in [1.54, 1.807) is 17.4 Å². The Balaban J connectivity index is 1.81. The van der Waals surface area contributed by atoms with Gasteiger partial charge in [-0.1, -0.05) is 6.07 Å².